The van der Waals surface area contributed by atoms with Gasteiger partial charge in [0.05, 0.1) is 17.8 Å². The smallest absolute Gasteiger partial charge is 0.275 e. The van der Waals surface area contributed by atoms with E-state index >= 15 is 0 Å². The number of carbonyl (C=O) groups excluding carboxylic acids is 1. The number of carbonyl (C=O) groups is 1. The molecule has 8 nitrogen and oxygen atoms in total. The van der Waals surface area contributed by atoms with Crippen molar-refractivity contribution >= 4 is 58.0 Å². The van der Waals surface area contributed by atoms with Crippen molar-refractivity contribution in [3.63, 3.8) is 0 Å². The third-order valence-electron chi connectivity index (χ3n) is 7.43. The Morgan fingerprint density at radius 2 is 1.77 bits per heavy atom. The first-order valence-corrected chi connectivity index (χ1v) is 16.3. The number of pyridine rings is 2. The van der Waals surface area contributed by atoms with Gasteiger partial charge in [-0.1, -0.05) is 12.1 Å². The number of likely N-dealkylation sites (N-methyl/N-ethyl adjacent to an activating group) is 1. The second-order valence-electron chi connectivity index (χ2n) is 10.00. The summed E-state index contributed by atoms with van der Waals surface area (Å²) < 4.78 is 9.48. The molecule has 0 bridgehead atoms. The number of nitrogens with zero attached hydrogens (tertiary/aromatic N) is 5. The molecule has 0 spiro atoms. The molecular weight excluding hydrogens is 637 g/mol. The maximum absolute atomic E-state index is 12.8. The molecular formula is C30H28IN5O3S. The molecule has 3 aromatic heterocycles. The van der Waals surface area contributed by atoms with Crippen LogP contribution in [0.3, 0.4) is 0 Å². The second-order valence-corrected chi connectivity index (χ2v) is 11.7. The number of hydrogen-bond acceptors (Lipinski definition) is 6. The van der Waals surface area contributed by atoms with Gasteiger partial charge in [0, 0.05) is 98.3 Å². The SMILES string of the molecule is CN1CCN(CCOc2ccc(-c3ccc4cc(-c5cn(C)c(=O)c6c5ccn6SI)ccc4n3)cc2)CC1=O. The van der Waals surface area contributed by atoms with E-state index in [4.69, 9.17) is 9.72 Å². The van der Waals surface area contributed by atoms with Crippen molar-refractivity contribution in [2.45, 2.75) is 0 Å². The average molecular weight is 666 g/mol. The first-order valence-electron chi connectivity index (χ1n) is 13.0. The quantitative estimate of drug-likeness (QED) is 0.222. The highest BCUT2D eigenvalue weighted by Gasteiger charge is 2.20. The molecule has 0 aliphatic carbocycles. The van der Waals surface area contributed by atoms with Crippen LogP contribution in [-0.2, 0) is 11.8 Å². The Labute approximate surface area is 248 Å². The zero-order valence-electron chi connectivity index (χ0n) is 22.2. The number of rotatable bonds is 7. The molecule has 2 aromatic carbocycles. The van der Waals surface area contributed by atoms with Gasteiger partial charge in [0.1, 0.15) is 17.9 Å². The van der Waals surface area contributed by atoms with E-state index < -0.39 is 0 Å². The zero-order chi connectivity index (χ0) is 27.8. The zero-order valence-corrected chi connectivity index (χ0v) is 25.2. The Morgan fingerprint density at radius 1 is 0.975 bits per heavy atom. The summed E-state index contributed by atoms with van der Waals surface area (Å²) in [5.74, 6) is 0.956. The molecule has 0 unspecified atom stereocenters. The summed E-state index contributed by atoms with van der Waals surface area (Å²) in [5.41, 5.74) is 5.55. The molecule has 4 heterocycles. The van der Waals surface area contributed by atoms with Crippen LogP contribution in [0.1, 0.15) is 0 Å². The number of aromatic nitrogens is 3. The Balaban J connectivity index is 1.18. The van der Waals surface area contributed by atoms with Crippen LogP contribution in [0.2, 0.25) is 0 Å². The van der Waals surface area contributed by atoms with Gasteiger partial charge in [0.25, 0.3) is 5.56 Å². The molecule has 40 heavy (non-hydrogen) atoms. The van der Waals surface area contributed by atoms with Crippen LogP contribution in [-0.4, -0.2) is 69.1 Å². The van der Waals surface area contributed by atoms with Crippen LogP contribution in [0, 0.1) is 0 Å². The van der Waals surface area contributed by atoms with Crippen LogP contribution in [0.15, 0.2) is 77.9 Å². The van der Waals surface area contributed by atoms with Crippen molar-refractivity contribution < 1.29 is 9.53 Å². The second kappa shape index (κ2) is 11.3. The van der Waals surface area contributed by atoms with Gasteiger partial charge in [-0.2, -0.15) is 0 Å². The van der Waals surface area contributed by atoms with E-state index in [0.717, 1.165) is 64.1 Å². The molecule has 0 saturated carbocycles. The third kappa shape index (κ3) is 5.23. The van der Waals surface area contributed by atoms with E-state index in [-0.39, 0.29) is 11.5 Å². The van der Waals surface area contributed by atoms with Crippen molar-refractivity contribution in [3.8, 4) is 28.1 Å². The van der Waals surface area contributed by atoms with E-state index in [2.05, 4.69) is 44.3 Å². The molecule has 1 fully saturated rings. The maximum atomic E-state index is 12.8. The van der Waals surface area contributed by atoms with Gasteiger partial charge in [0.2, 0.25) is 5.91 Å². The van der Waals surface area contributed by atoms with Crippen LogP contribution >= 0.6 is 30.3 Å². The van der Waals surface area contributed by atoms with Crippen molar-refractivity contribution in [2.75, 3.05) is 39.8 Å². The summed E-state index contributed by atoms with van der Waals surface area (Å²) in [5, 5.41) is 1.98. The fourth-order valence-corrected chi connectivity index (χ4v) is 6.42. The van der Waals surface area contributed by atoms with E-state index in [1.54, 1.807) is 16.5 Å². The lowest BCUT2D eigenvalue weighted by Crippen LogP contribution is -2.49. The van der Waals surface area contributed by atoms with Gasteiger partial charge >= 0.3 is 0 Å². The Bertz CT molecular complexity index is 1780. The van der Waals surface area contributed by atoms with Gasteiger partial charge in [0.15, 0.2) is 0 Å². The van der Waals surface area contributed by atoms with Crippen molar-refractivity contribution in [1.82, 2.24) is 23.3 Å². The predicted molar refractivity (Wildman–Crippen MR) is 170 cm³/mol. The molecule has 0 radical (unpaired) electrons. The first-order chi connectivity index (χ1) is 19.4. The van der Waals surface area contributed by atoms with E-state index in [0.29, 0.717) is 18.7 Å². The molecule has 10 heteroatoms. The van der Waals surface area contributed by atoms with Crippen molar-refractivity contribution in [1.29, 1.82) is 0 Å². The summed E-state index contributed by atoms with van der Waals surface area (Å²) >= 11 is 2.19. The van der Waals surface area contributed by atoms with Gasteiger partial charge < -0.3 is 14.2 Å². The van der Waals surface area contributed by atoms with Crippen LogP contribution in [0.4, 0.5) is 0 Å². The number of hydrogen-bond donors (Lipinski definition) is 0. The summed E-state index contributed by atoms with van der Waals surface area (Å²) in [4.78, 5) is 33.5. The number of ether oxygens (including phenoxy) is 1. The van der Waals surface area contributed by atoms with Crippen molar-refractivity contribution in [2.24, 2.45) is 7.05 Å². The predicted octanol–water partition coefficient (Wildman–Crippen LogP) is 5.22. The maximum Gasteiger partial charge on any atom is 0.275 e. The van der Waals surface area contributed by atoms with Crippen LogP contribution < -0.4 is 10.3 Å². The van der Waals surface area contributed by atoms with Gasteiger partial charge in [-0.05, 0) is 54.1 Å². The fourth-order valence-electron chi connectivity index (χ4n) is 5.08. The van der Waals surface area contributed by atoms with Gasteiger partial charge in [-0.25, -0.2) is 4.98 Å². The molecule has 1 aliphatic rings. The third-order valence-corrected chi connectivity index (χ3v) is 9.15. The highest BCUT2D eigenvalue weighted by molar-refractivity contribution is 14.2. The molecule has 204 valence electrons. The van der Waals surface area contributed by atoms with Gasteiger partial charge in [-0.15, -0.1) is 0 Å². The standard InChI is InChI=1S/C30H28IN5O3S/c1-33-13-14-35(19-28(33)37)15-16-39-23-7-3-20(4-8-23)26-10-6-22-17-21(5-9-27(22)32-26)25-18-34(2)30(38)29-24(25)11-12-36(29)40-31/h3-12,17-18H,13-16,19H2,1-2H3. The van der Waals surface area contributed by atoms with Crippen molar-refractivity contribution in [3.05, 3.63) is 83.4 Å². The molecule has 1 amide bonds. The van der Waals surface area contributed by atoms with E-state index in [1.807, 2.05) is 65.9 Å². The van der Waals surface area contributed by atoms with E-state index in [1.165, 1.54) is 9.12 Å². The number of fused-ring (bicyclic) bond motifs is 2. The Morgan fingerprint density at radius 3 is 2.55 bits per heavy atom. The molecule has 0 atom stereocenters. The molecule has 5 aromatic rings. The molecule has 0 N–H and O–H groups in total. The number of benzene rings is 2. The van der Waals surface area contributed by atoms with Crippen LogP contribution in [0.5, 0.6) is 5.75 Å². The largest absolute Gasteiger partial charge is 0.492 e. The topological polar surface area (TPSA) is 72.6 Å². The first kappa shape index (κ1) is 26.9. The monoisotopic (exact) mass is 665 g/mol. The minimum absolute atomic E-state index is 0.0112. The average Bonchev–Trinajstić information content (AvgIpc) is 3.41. The lowest BCUT2D eigenvalue weighted by molar-refractivity contribution is -0.134. The highest BCUT2D eigenvalue weighted by Crippen LogP contribution is 2.33. The molecule has 1 saturated heterocycles. The van der Waals surface area contributed by atoms with Crippen LogP contribution in [0.25, 0.3) is 44.2 Å². The molecule has 1 aliphatic heterocycles. The summed E-state index contributed by atoms with van der Waals surface area (Å²) in [6.07, 6.45) is 3.84. The lowest BCUT2D eigenvalue weighted by atomic mass is 10.0. The number of piperazine rings is 1. The van der Waals surface area contributed by atoms with Gasteiger partial charge in [-0.3, -0.25) is 18.5 Å². The summed E-state index contributed by atoms with van der Waals surface area (Å²) in [7, 11) is 5.12. The summed E-state index contributed by atoms with van der Waals surface area (Å²) in [6.45, 7) is 3.35. The normalized spacial score (nSPS) is 14.4. The summed E-state index contributed by atoms with van der Waals surface area (Å²) in [6, 6.07) is 20.3. The number of aryl methyl sites for hydroxylation is 1. The lowest BCUT2D eigenvalue weighted by Gasteiger charge is -2.31. The number of halogens is 1. The Hall–Kier alpha value is -3.35. The highest BCUT2D eigenvalue weighted by atomic mass is 127. The molecule has 6 rings (SSSR count). The number of amides is 1. The van der Waals surface area contributed by atoms with E-state index in [9.17, 15) is 9.59 Å². The Kier molecular flexibility index (Phi) is 7.56. The minimum Gasteiger partial charge on any atom is -0.492 e. The fraction of sp³-hybridized carbons (Fsp3) is 0.233. The minimum atomic E-state index is -0.0112.